The van der Waals surface area contributed by atoms with E-state index in [4.69, 9.17) is 10.8 Å². The predicted octanol–water partition coefficient (Wildman–Crippen LogP) is 1.87. The summed E-state index contributed by atoms with van der Waals surface area (Å²) in [5, 5.41) is 11.8. The molecule has 0 saturated heterocycles. The molecule has 2 aromatic rings. The molecule has 1 heterocycles. The van der Waals surface area contributed by atoms with Gasteiger partial charge in [-0.3, -0.25) is 14.4 Å². The van der Waals surface area contributed by atoms with Gasteiger partial charge in [0.15, 0.2) is 5.78 Å². The highest BCUT2D eigenvalue weighted by Crippen LogP contribution is 2.32. The van der Waals surface area contributed by atoms with E-state index >= 15 is 0 Å². The van der Waals surface area contributed by atoms with Gasteiger partial charge in [0.05, 0.1) is 11.8 Å². The van der Waals surface area contributed by atoms with Crippen LogP contribution < -0.4 is 11.1 Å². The summed E-state index contributed by atoms with van der Waals surface area (Å²) in [6.45, 7) is 0. The second kappa shape index (κ2) is 5.42. The third-order valence-electron chi connectivity index (χ3n) is 3.63. The largest absolute Gasteiger partial charge is 0.515 e. The van der Waals surface area contributed by atoms with Crippen LogP contribution in [0.15, 0.2) is 48.7 Å². The molecule has 2 amide bonds. The zero-order chi connectivity index (χ0) is 16.6. The van der Waals surface area contributed by atoms with E-state index in [-0.39, 0.29) is 11.4 Å². The summed E-state index contributed by atoms with van der Waals surface area (Å²) in [5.74, 6) is -1.25. The van der Waals surface area contributed by atoms with Crippen LogP contribution in [0.3, 0.4) is 0 Å². The number of aliphatic hydroxyl groups excluding tert-OH is 1. The van der Waals surface area contributed by atoms with Crippen molar-refractivity contribution >= 4 is 28.9 Å². The SMILES string of the molecule is NC(=O)c1ccc(C(=O)c2ccc3c(c2)C(=CO)C(=O)N3)cc1. The number of nitrogens with two attached hydrogens (primary N) is 1. The summed E-state index contributed by atoms with van der Waals surface area (Å²) in [6, 6.07) is 10.7. The summed E-state index contributed by atoms with van der Waals surface area (Å²) >= 11 is 0. The lowest BCUT2D eigenvalue weighted by Gasteiger charge is -2.05. The molecule has 0 bridgehead atoms. The zero-order valence-electron chi connectivity index (χ0n) is 11.9. The van der Waals surface area contributed by atoms with E-state index in [1.807, 2.05) is 0 Å². The van der Waals surface area contributed by atoms with E-state index in [0.717, 1.165) is 6.26 Å². The molecule has 23 heavy (non-hydrogen) atoms. The molecular formula is C17H12N2O4. The first-order chi connectivity index (χ1) is 11.0. The molecular weight excluding hydrogens is 296 g/mol. The Morgan fingerprint density at radius 2 is 1.61 bits per heavy atom. The fourth-order valence-corrected chi connectivity index (χ4v) is 2.41. The first-order valence-electron chi connectivity index (χ1n) is 6.76. The second-order valence-electron chi connectivity index (χ2n) is 5.03. The van der Waals surface area contributed by atoms with Gasteiger partial charge in [-0.1, -0.05) is 12.1 Å². The van der Waals surface area contributed by atoms with Gasteiger partial charge in [0.1, 0.15) is 0 Å². The maximum Gasteiger partial charge on any atom is 0.259 e. The molecule has 0 unspecified atom stereocenters. The number of fused-ring (bicyclic) bond motifs is 1. The normalized spacial score (nSPS) is 14.4. The Morgan fingerprint density at radius 1 is 1.00 bits per heavy atom. The topological polar surface area (TPSA) is 109 Å². The molecule has 0 spiro atoms. The number of nitrogens with one attached hydrogen (secondary N) is 1. The molecule has 0 aliphatic carbocycles. The van der Waals surface area contributed by atoms with Crippen molar-refractivity contribution in [3.8, 4) is 0 Å². The van der Waals surface area contributed by atoms with E-state index in [2.05, 4.69) is 5.32 Å². The number of amides is 2. The van der Waals surface area contributed by atoms with Crippen molar-refractivity contribution in [1.82, 2.24) is 0 Å². The molecule has 3 rings (SSSR count). The molecule has 0 aromatic heterocycles. The van der Waals surface area contributed by atoms with Crippen molar-refractivity contribution in [3.05, 3.63) is 71.0 Å². The Bertz CT molecular complexity index is 867. The van der Waals surface area contributed by atoms with E-state index in [0.29, 0.717) is 27.9 Å². The molecule has 1 aliphatic heterocycles. The number of hydrogen-bond donors (Lipinski definition) is 3. The first-order valence-corrected chi connectivity index (χ1v) is 6.76. The third-order valence-corrected chi connectivity index (χ3v) is 3.63. The van der Waals surface area contributed by atoms with Crippen LogP contribution in [0.5, 0.6) is 0 Å². The monoisotopic (exact) mass is 308 g/mol. The van der Waals surface area contributed by atoms with Gasteiger partial charge in [-0.2, -0.15) is 0 Å². The van der Waals surface area contributed by atoms with Crippen molar-refractivity contribution in [2.24, 2.45) is 5.73 Å². The molecule has 0 radical (unpaired) electrons. The molecule has 114 valence electrons. The Balaban J connectivity index is 1.97. The number of carbonyl (C=O) groups excluding carboxylic acids is 3. The fraction of sp³-hybridized carbons (Fsp3) is 0. The second-order valence-corrected chi connectivity index (χ2v) is 5.03. The zero-order valence-corrected chi connectivity index (χ0v) is 11.9. The van der Waals surface area contributed by atoms with Gasteiger partial charge in [0.25, 0.3) is 5.91 Å². The van der Waals surface area contributed by atoms with Gasteiger partial charge in [-0.05, 0) is 30.3 Å². The molecule has 0 fully saturated rings. The lowest BCUT2D eigenvalue weighted by atomic mass is 9.98. The lowest BCUT2D eigenvalue weighted by molar-refractivity contribution is -0.110. The molecule has 0 saturated carbocycles. The van der Waals surface area contributed by atoms with Crippen molar-refractivity contribution < 1.29 is 19.5 Å². The van der Waals surface area contributed by atoms with E-state index in [1.54, 1.807) is 18.2 Å². The van der Waals surface area contributed by atoms with Crippen LogP contribution in [-0.2, 0) is 4.79 Å². The molecule has 6 heteroatoms. The number of carbonyl (C=O) groups is 3. The minimum Gasteiger partial charge on any atom is -0.515 e. The maximum absolute atomic E-state index is 12.5. The Morgan fingerprint density at radius 3 is 2.22 bits per heavy atom. The van der Waals surface area contributed by atoms with Crippen LogP contribution in [0.2, 0.25) is 0 Å². The number of hydrogen-bond acceptors (Lipinski definition) is 4. The highest BCUT2D eigenvalue weighted by atomic mass is 16.2. The highest BCUT2D eigenvalue weighted by molar-refractivity contribution is 6.31. The summed E-state index contributed by atoms with van der Waals surface area (Å²) in [6.07, 6.45) is 0.719. The molecule has 1 aliphatic rings. The van der Waals surface area contributed by atoms with Gasteiger partial charge < -0.3 is 16.2 Å². The lowest BCUT2D eigenvalue weighted by Crippen LogP contribution is -2.11. The van der Waals surface area contributed by atoms with Crippen LogP contribution in [-0.4, -0.2) is 22.7 Å². The Labute approximate surface area is 131 Å². The predicted molar refractivity (Wildman–Crippen MR) is 84.1 cm³/mol. The third kappa shape index (κ3) is 2.46. The standard InChI is InChI=1S/C17H12N2O4/c18-16(22)10-3-1-9(2-4-10)15(21)11-5-6-14-12(7-11)13(8-20)17(23)19-14/h1-8,20H,(H2,18,22)(H,19,23). The summed E-state index contributed by atoms with van der Waals surface area (Å²) in [4.78, 5) is 35.2. The average molecular weight is 308 g/mol. The van der Waals surface area contributed by atoms with Gasteiger partial charge in [-0.25, -0.2) is 0 Å². The van der Waals surface area contributed by atoms with Crippen LogP contribution in [0.25, 0.3) is 5.57 Å². The Hall–Kier alpha value is -3.41. The maximum atomic E-state index is 12.5. The number of benzene rings is 2. The summed E-state index contributed by atoms with van der Waals surface area (Å²) in [7, 11) is 0. The van der Waals surface area contributed by atoms with Gasteiger partial charge in [0.2, 0.25) is 5.91 Å². The average Bonchev–Trinajstić information content (AvgIpc) is 2.88. The number of primary amides is 1. The van der Waals surface area contributed by atoms with Crippen LogP contribution in [0.4, 0.5) is 5.69 Å². The van der Waals surface area contributed by atoms with E-state index in [1.165, 1.54) is 24.3 Å². The Kier molecular flexibility index (Phi) is 3.42. The van der Waals surface area contributed by atoms with Crippen molar-refractivity contribution in [2.45, 2.75) is 0 Å². The van der Waals surface area contributed by atoms with Crippen molar-refractivity contribution in [1.29, 1.82) is 0 Å². The number of rotatable bonds is 3. The van der Waals surface area contributed by atoms with Gasteiger partial charge in [0, 0.05) is 27.9 Å². The summed E-state index contributed by atoms with van der Waals surface area (Å²) < 4.78 is 0. The number of ketones is 1. The van der Waals surface area contributed by atoms with E-state index in [9.17, 15) is 14.4 Å². The minimum absolute atomic E-state index is 0.110. The highest BCUT2D eigenvalue weighted by Gasteiger charge is 2.25. The summed E-state index contributed by atoms with van der Waals surface area (Å²) in [5.41, 5.74) is 7.35. The van der Waals surface area contributed by atoms with Crippen LogP contribution in [0.1, 0.15) is 31.8 Å². The number of aliphatic hydroxyl groups is 1. The quantitative estimate of drug-likeness (QED) is 0.457. The minimum atomic E-state index is -0.566. The van der Waals surface area contributed by atoms with E-state index < -0.39 is 11.8 Å². The smallest absolute Gasteiger partial charge is 0.259 e. The first kappa shape index (κ1) is 14.5. The van der Waals surface area contributed by atoms with Crippen LogP contribution in [0, 0.1) is 0 Å². The molecule has 6 nitrogen and oxygen atoms in total. The van der Waals surface area contributed by atoms with Crippen molar-refractivity contribution in [2.75, 3.05) is 5.32 Å². The van der Waals surface area contributed by atoms with Gasteiger partial charge in [-0.15, -0.1) is 0 Å². The number of anilines is 1. The van der Waals surface area contributed by atoms with Crippen molar-refractivity contribution in [3.63, 3.8) is 0 Å². The fourth-order valence-electron chi connectivity index (χ4n) is 2.41. The molecule has 0 atom stereocenters. The van der Waals surface area contributed by atoms with Crippen LogP contribution >= 0.6 is 0 Å². The molecule has 4 N–H and O–H groups in total. The molecule has 2 aromatic carbocycles. The van der Waals surface area contributed by atoms with Gasteiger partial charge >= 0.3 is 0 Å².